The highest BCUT2D eigenvalue weighted by molar-refractivity contribution is 6.30. The van der Waals surface area contributed by atoms with E-state index in [-0.39, 0.29) is 23.4 Å². The van der Waals surface area contributed by atoms with Crippen molar-refractivity contribution in [3.8, 4) is 0 Å². The highest BCUT2D eigenvalue weighted by atomic mass is 35.5. The second kappa shape index (κ2) is 10.1. The summed E-state index contributed by atoms with van der Waals surface area (Å²) in [6, 6.07) is 19.6. The third-order valence-electron chi connectivity index (χ3n) is 5.94. The monoisotopic (exact) mass is 468 g/mol. The fourth-order valence-corrected chi connectivity index (χ4v) is 4.22. The van der Waals surface area contributed by atoms with Crippen molar-refractivity contribution in [3.63, 3.8) is 0 Å². The van der Waals surface area contributed by atoms with Crippen molar-refractivity contribution in [2.24, 2.45) is 5.92 Å². The summed E-state index contributed by atoms with van der Waals surface area (Å²) >= 11 is 6.03. The summed E-state index contributed by atoms with van der Waals surface area (Å²) in [5.41, 5.74) is 1.71. The van der Waals surface area contributed by atoms with E-state index in [2.05, 4.69) is 5.32 Å². The lowest BCUT2D eigenvalue weighted by atomic mass is 9.93. The Morgan fingerprint density at radius 3 is 2.18 bits per heavy atom. The molecule has 1 N–H and O–H groups in total. The molecule has 7 heteroatoms. The molecule has 33 heavy (non-hydrogen) atoms. The maximum absolute atomic E-state index is 14.0. The minimum Gasteiger partial charge on any atom is -0.345 e. The van der Waals surface area contributed by atoms with E-state index in [9.17, 15) is 18.4 Å². The maximum Gasteiger partial charge on any atom is 0.256 e. The van der Waals surface area contributed by atoms with E-state index < -0.39 is 17.5 Å². The first-order valence-corrected chi connectivity index (χ1v) is 11.2. The van der Waals surface area contributed by atoms with Crippen LogP contribution in [0.1, 0.15) is 40.4 Å². The number of likely N-dealkylation sites (tertiary alicyclic amines) is 1. The summed E-state index contributed by atoms with van der Waals surface area (Å²) in [6.07, 6.45) is 0.922. The van der Waals surface area contributed by atoms with Gasteiger partial charge in [0.2, 0.25) is 5.91 Å². The highest BCUT2D eigenvalue weighted by Gasteiger charge is 2.30. The molecule has 0 radical (unpaired) electrons. The van der Waals surface area contributed by atoms with Crippen LogP contribution in [0.3, 0.4) is 0 Å². The number of hydrogen-bond donors (Lipinski definition) is 1. The Bertz CT molecular complexity index is 1130. The molecule has 3 aromatic rings. The Morgan fingerprint density at radius 2 is 1.55 bits per heavy atom. The topological polar surface area (TPSA) is 49.4 Å². The second-order valence-corrected chi connectivity index (χ2v) is 8.53. The lowest BCUT2D eigenvalue weighted by molar-refractivity contribution is -0.126. The van der Waals surface area contributed by atoms with E-state index in [1.807, 2.05) is 42.5 Å². The summed E-state index contributed by atoms with van der Waals surface area (Å²) in [5.74, 6) is -2.47. The molecule has 4 nitrogen and oxygen atoms in total. The van der Waals surface area contributed by atoms with Gasteiger partial charge in [-0.05, 0) is 48.2 Å². The molecule has 1 unspecified atom stereocenters. The molecule has 1 aliphatic rings. The Hall–Kier alpha value is -3.25. The number of rotatable bonds is 5. The van der Waals surface area contributed by atoms with Crippen molar-refractivity contribution in [1.29, 1.82) is 0 Å². The lowest BCUT2D eigenvalue weighted by Crippen LogP contribution is -2.44. The van der Waals surface area contributed by atoms with Gasteiger partial charge in [-0.25, -0.2) is 8.78 Å². The van der Waals surface area contributed by atoms with Gasteiger partial charge in [-0.1, -0.05) is 54.1 Å². The van der Waals surface area contributed by atoms with E-state index in [0.29, 0.717) is 37.0 Å². The van der Waals surface area contributed by atoms with E-state index in [1.54, 1.807) is 12.1 Å². The number of hydrogen-bond acceptors (Lipinski definition) is 2. The minimum atomic E-state index is -0.881. The number of carbonyl (C=O) groups excluding carboxylic acids is 2. The fraction of sp³-hybridized carbons (Fsp3) is 0.231. The molecule has 3 aromatic carbocycles. The van der Waals surface area contributed by atoms with Crippen molar-refractivity contribution in [2.45, 2.75) is 18.9 Å². The number of nitrogens with zero attached hydrogens (tertiary/aromatic N) is 1. The summed E-state index contributed by atoms with van der Waals surface area (Å²) in [6.45, 7) is 0.648. The Kier molecular flexibility index (Phi) is 7.04. The average molecular weight is 469 g/mol. The van der Waals surface area contributed by atoms with Crippen LogP contribution in [0, 0.1) is 17.6 Å². The quantitative estimate of drug-likeness (QED) is 0.547. The van der Waals surface area contributed by atoms with Crippen LogP contribution in [0.5, 0.6) is 0 Å². The molecule has 1 atom stereocenters. The first kappa shape index (κ1) is 22.9. The van der Waals surface area contributed by atoms with Crippen molar-refractivity contribution < 1.29 is 18.4 Å². The van der Waals surface area contributed by atoms with Crippen LogP contribution in [0.4, 0.5) is 8.78 Å². The van der Waals surface area contributed by atoms with Crippen LogP contribution in [-0.4, -0.2) is 29.8 Å². The molecule has 1 fully saturated rings. The SMILES string of the molecule is O=C(NC(c1ccccc1)c1ccc(Cl)cc1)C1CCN(C(=O)c2ccc(F)cc2F)CC1. The number of amides is 2. The molecule has 170 valence electrons. The molecule has 2 amide bonds. The molecule has 0 aliphatic carbocycles. The average Bonchev–Trinajstić information content (AvgIpc) is 2.83. The zero-order valence-electron chi connectivity index (χ0n) is 17.8. The van der Waals surface area contributed by atoms with E-state index >= 15 is 0 Å². The molecular weight excluding hydrogens is 446 g/mol. The first-order valence-electron chi connectivity index (χ1n) is 10.8. The van der Waals surface area contributed by atoms with Gasteiger partial charge in [0, 0.05) is 30.1 Å². The predicted molar refractivity (Wildman–Crippen MR) is 123 cm³/mol. The van der Waals surface area contributed by atoms with Gasteiger partial charge in [0.1, 0.15) is 11.6 Å². The fourth-order valence-electron chi connectivity index (χ4n) is 4.10. The normalized spacial score (nSPS) is 15.2. The van der Waals surface area contributed by atoms with Crippen LogP contribution in [-0.2, 0) is 4.79 Å². The van der Waals surface area contributed by atoms with Gasteiger partial charge < -0.3 is 10.2 Å². The zero-order valence-corrected chi connectivity index (χ0v) is 18.6. The first-order chi connectivity index (χ1) is 15.9. The third-order valence-corrected chi connectivity index (χ3v) is 6.19. The van der Waals surface area contributed by atoms with Crippen molar-refractivity contribution >= 4 is 23.4 Å². The number of benzene rings is 3. The number of piperidine rings is 1. The number of nitrogens with one attached hydrogen (secondary N) is 1. The summed E-state index contributed by atoms with van der Waals surface area (Å²) < 4.78 is 27.1. The van der Waals surface area contributed by atoms with Crippen LogP contribution in [0.25, 0.3) is 0 Å². The Morgan fingerprint density at radius 1 is 0.909 bits per heavy atom. The van der Waals surface area contributed by atoms with Crippen molar-refractivity contribution in [1.82, 2.24) is 10.2 Å². The Labute approximate surface area is 196 Å². The summed E-state index contributed by atoms with van der Waals surface area (Å²) in [4.78, 5) is 27.3. The highest BCUT2D eigenvalue weighted by Crippen LogP contribution is 2.26. The van der Waals surface area contributed by atoms with Gasteiger partial charge in [0.15, 0.2) is 0 Å². The Balaban J connectivity index is 1.43. The smallest absolute Gasteiger partial charge is 0.256 e. The van der Waals surface area contributed by atoms with E-state index in [4.69, 9.17) is 11.6 Å². The molecular formula is C26H23ClF2N2O2. The molecule has 4 rings (SSSR count). The second-order valence-electron chi connectivity index (χ2n) is 8.09. The summed E-state index contributed by atoms with van der Waals surface area (Å²) in [5, 5.41) is 3.76. The lowest BCUT2D eigenvalue weighted by Gasteiger charge is -2.32. The summed E-state index contributed by atoms with van der Waals surface area (Å²) in [7, 11) is 0. The van der Waals surface area contributed by atoms with Gasteiger partial charge in [0.05, 0.1) is 11.6 Å². The maximum atomic E-state index is 14.0. The van der Waals surface area contributed by atoms with Crippen molar-refractivity contribution in [2.75, 3.05) is 13.1 Å². The standard InChI is InChI=1S/C26H23ClF2N2O2/c27-20-8-6-18(7-9-20)24(17-4-2-1-3-5-17)30-25(32)19-12-14-31(15-13-19)26(33)22-11-10-21(28)16-23(22)29/h1-11,16,19,24H,12-15H2,(H,30,32). The minimum absolute atomic E-state index is 0.0983. The van der Waals surface area contributed by atoms with Crippen LogP contribution >= 0.6 is 11.6 Å². The van der Waals surface area contributed by atoms with Gasteiger partial charge >= 0.3 is 0 Å². The third kappa shape index (κ3) is 5.40. The molecule has 0 bridgehead atoms. The van der Waals surface area contributed by atoms with Crippen LogP contribution in [0.15, 0.2) is 72.8 Å². The van der Waals surface area contributed by atoms with E-state index in [0.717, 1.165) is 23.3 Å². The van der Waals surface area contributed by atoms with Gasteiger partial charge in [-0.3, -0.25) is 9.59 Å². The van der Waals surface area contributed by atoms with Crippen molar-refractivity contribution in [3.05, 3.63) is 106 Å². The molecule has 1 saturated heterocycles. The van der Waals surface area contributed by atoms with Gasteiger partial charge in [0.25, 0.3) is 5.91 Å². The molecule has 0 spiro atoms. The largest absolute Gasteiger partial charge is 0.345 e. The number of halogens is 3. The molecule has 0 saturated carbocycles. The molecule has 1 heterocycles. The number of carbonyl (C=O) groups is 2. The molecule has 1 aliphatic heterocycles. The van der Waals surface area contributed by atoms with Gasteiger partial charge in [-0.2, -0.15) is 0 Å². The predicted octanol–water partition coefficient (Wildman–Crippen LogP) is 5.38. The molecule has 0 aromatic heterocycles. The van der Waals surface area contributed by atoms with Crippen LogP contribution < -0.4 is 5.32 Å². The van der Waals surface area contributed by atoms with Crippen LogP contribution in [0.2, 0.25) is 5.02 Å². The zero-order chi connectivity index (χ0) is 23.4. The van der Waals surface area contributed by atoms with E-state index in [1.165, 1.54) is 4.90 Å². The van der Waals surface area contributed by atoms with Gasteiger partial charge in [-0.15, -0.1) is 0 Å².